The largest absolute Gasteiger partial charge is 0.316 e. The molecule has 1 saturated heterocycles. The second-order valence-corrected chi connectivity index (χ2v) is 3.53. The van der Waals surface area contributed by atoms with Gasteiger partial charge in [-0.2, -0.15) is 0 Å². The van der Waals surface area contributed by atoms with Crippen LogP contribution in [0.25, 0.3) is 0 Å². The Hall–Kier alpha value is 0.180. The van der Waals surface area contributed by atoms with E-state index in [9.17, 15) is 4.39 Å². The normalized spacial score (nSPS) is 42.8. The highest BCUT2D eigenvalue weighted by molar-refractivity contribution is 5.85. The van der Waals surface area contributed by atoms with E-state index in [1.165, 1.54) is 6.42 Å². The molecule has 0 radical (unpaired) electrons. The topological polar surface area (TPSA) is 12.0 Å². The molecule has 1 aliphatic carbocycles. The molecule has 2 rings (SSSR count). The molecule has 0 bridgehead atoms. The molecule has 0 spiro atoms. The van der Waals surface area contributed by atoms with Gasteiger partial charge in [0.25, 0.3) is 0 Å². The van der Waals surface area contributed by atoms with Crippen LogP contribution >= 0.6 is 12.4 Å². The van der Waals surface area contributed by atoms with Gasteiger partial charge in [0.05, 0.1) is 0 Å². The summed E-state index contributed by atoms with van der Waals surface area (Å²) in [5.74, 6) is 1.01. The zero-order chi connectivity index (χ0) is 6.97. The molecule has 2 aliphatic rings. The zero-order valence-corrected chi connectivity index (χ0v) is 7.37. The van der Waals surface area contributed by atoms with Crippen molar-refractivity contribution in [2.75, 3.05) is 13.1 Å². The van der Waals surface area contributed by atoms with Gasteiger partial charge in [0.15, 0.2) is 0 Å². The monoisotopic (exact) mass is 179 g/mol. The van der Waals surface area contributed by atoms with Gasteiger partial charge in [-0.1, -0.05) is 6.42 Å². The van der Waals surface area contributed by atoms with Gasteiger partial charge < -0.3 is 5.32 Å². The first-order chi connectivity index (χ1) is 4.88. The number of nitrogens with one attached hydrogen (secondary N) is 1. The second kappa shape index (κ2) is 3.72. The minimum atomic E-state index is -0.506. The molecule has 0 amide bonds. The molecular weight excluding hydrogens is 165 g/mol. The Bertz CT molecular complexity index is 131. The van der Waals surface area contributed by atoms with Crippen molar-refractivity contribution >= 4 is 12.4 Å². The van der Waals surface area contributed by atoms with Gasteiger partial charge in [-0.15, -0.1) is 12.4 Å². The summed E-state index contributed by atoms with van der Waals surface area (Å²) in [7, 11) is 0. The lowest BCUT2D eigenvalue weighted by Crippen LogP contribution is -2.28. The molecule has 0 aromatic heterocycles. The first kappa shape index (κ1) is 9.27. The van der Waals surface area contributed by atoms with Crippen molar-refractivity contribution in [3.63, 3.8) is 0 Å². The van der Waals surface area contributed by atoms with Crippen LogP contribution in [0.4, 0.5) is 4.39 Å². The van der Waals surface area contributed by atoms with Crippen molar-refractivity contribution in [3.8, 4) is 0 Å². The van der Waals surface area contributed by atoms with E-state index in [0.29, 0.717) is 11.8 Å². The quantitative estimate of drug-likeness (QED) is 0.598. The van der Waals surface area contributed by atoms with E-state index in [2.05, 4.69) is 5.32 Å². The van der Waals surface area contributed by atoms with E-state index in [0.717, 1.165) is 25.9 Å². The minimum Gasteiger partial charge on any atom is -0.316 e. The summed E-state index contributed by atoms with van der Waals surface area (Å²) in [4.78, 5) is 0. The standard InChI is InChI=1S/C8H14FN.ClH/c9-8-3-1-2-6-4-10-5-7(6)8;/h6-8,10H,1-5H2;1H/t6-,7+,8?;/m1./s1. The first-order valence-corrected chi connectivity index (χ1v) is 4.22. The molecule has 1 N–H and O–H groups in total. The number of alkyl halides is 1. The molecule has 2 fully saturated rings. The predicted molar refractivity (Wildman–Crippen MR) is 45.8 cm³/mol. The van der Waals surface area contributed by atoms with Crippen molar-refractivity contribution in [3.05, 3.63) is 0 Å². The third-order valence-electron chi connectivity index (χ3n) is 2.91. The number of hydrogen-bond acceptors (Lipinski definition) is 1. The highest BCUT2D eigenvalue weighted by Crippen LogP contribution is 2.34. The van der Waals surface area contributed by atoms with Gasteiger partial charge in [0.2, 0.25) is 0 Å². The first-order valence-electron chi connectivity index (χ1n) is 4.22. The number of fused-ring (bicyclic) bond motifs is 1. The molecule has 1 nitrogen and oxygen atoms in total. The van der Waals surface area contributed by atoms with Gasteiger partial charge in [-0.25, -0.2) is 4.39 Å². The van der Waals surface area contributed by atoms with Crippen molar-refractivity contribution in [2.45, 2.75) is 25.4 Å². The number of rotatable bonds is 0. The number of hydrogen-bond donors (Lipinski definition) is 1. The Morgan fingerprint density at radius 3 is 2.73 bits per heavy atom. The Kier molecular flexibility index (Phi) is 3.14. The highest BCUT2D eigenvalue weighted by Gasteiger charge is 2.36. The SMILES string of the molecule is Cl.FC1CCC[C@@H]2CNC[C@H]12. The molecule has 66 valence electrons. The van der Waals surface area contributed by atoms with Gasteiger partial charge in [0.1, 0.15) is 6.17 Å². The Morgan fingerprint density at radius 2 is 2.00 bits per heavy atom. The van der Waals surface area contributed by atoms with Crippen molar-refractivity contribution in [1.82, 2.24) is 5.32 Å². The molecule has 3 heteroatoms. The maximum absolute atomic E-state index is 13.1. The average molecular weight is 180 g/mol. The molecule has 3 atom stereocenters. The predicted octanol–water partition coefficient (Wildman–Crippen LogP) is 1.77. The molecule has 0 aromatic rings. The summed E-state index contributed by atoms with van der Waals surface area (Å²) in [6.45, 7) is 1.98. The summed E-state index contributed by atoms with van der Waals surface area (Å²) in [6, 6.07) is 0. The fraction of sp³-hybridized carbons (Fsp3) is 1.00. The van der Waals surface area contributed by atoms with E-state index in [1.54, 1.807) is 0 Å². The summed E-state index contributed by atoms with van der Waals surface area (Å²) < 4.78 is 13.1. The molecule has 1 saturated carbocycles. The summed E-state index contributed by atoms with van der Waals surface area (Å²) in [5, 5.41) is 3.25. The van der Waals surface area contributed by atoms with E-state index in [4.69, 9.17) is 0 Å². The third kappa shape index (κ3) is 1.67. The van der Waals surface area contributed by atoms with Crippen molar-refractivity contribution < 1.29 is 4.39 Å². The molecule has 1 unspecified atom stereocenters. The van der Waals surface area contributed by atoms with Crippen molar-refractivity contribution in [1.29, 1.82) is 0 Å². The molecular formula is C8H15ClFN. The lowest BCUT2D eigenvalue weighted by molar-refractivity contribution is 0.142. The fourth-order valence-corrected chi connectivity index (χ4v) is 2.28. The van der Waals surface area contributed by atoms with Crippen molar-refractivity contribution in [2.24, 2.45) is 11.8 Å². The van der Waals surface area contributed by atoms with Crippen LogP contribution in [-0.2, 0) is 0 Å². The van der Waals surface area contributed by atoms with Gasteiger partial charge in [-0.3, -0.25) is 0 Å². The van der Waals surface area contributed by atoms with Crippen LogP contribution in [0, 0.1) is 11.8 Å². The fourth-order valence-electron chi connectivity index (χ4n) is 2.28. The third-order valence-corrected chi connectivity index (χ3v) is 2.91. The van der Waals surface area contributed by atoms with E-state index >= 15 is 0 Å². The Balaban J connectivity index is 0.000000605. The van der Waals surface area contributed by atoms with Crippen LogP contribution in [0.3, 0.4) is 0 Å². The Labute approximate surface area is 73.2 Å². The molecule has 11 heavy (non-hydrogen) atoms. The summed E-state index contributed by atoms with van der Waals surface area (Å²) in [5.41, 5.74) is 0. The Morgan fingerprint density at radius 1 is 1.18 bits per heavy atom. The lowest BCUT2D eigenvalue weighted by Gasteiger charge is -2.27. The zero-order valence-electron chi connectivity index (χ0n) is 6.55. The maximum Gasteiger partial charge on any atom is 0.104 e. The van der Waals surface area contributed by atoms with Gasteiger partial charge >= 0.3 is 0 Å². The van der Waals surface area contributed by atoms with E-state index in [-0.39, 0.29) is 12.4 Å². The minimum absolute atomic E-state index is 0. The maximum atomic E-state index is 13.1. The smallest absolute Gasteiger partial charge is 0.104 e. The van der Waals surface area contributed by atoms with Crippen LogP contribution in [0.1, 0.15) is 19.3 Å². The summed E-state index contributed by atoms with van der Waals surface area (Å²) >= 11 is 0. The van der Waals surface area contributed by atoms with Crippen LogP contribution in [0.2, 0.25) is 0 Å². The molecule has 1 aliphatic heterocycles. The lowest BCUT2D eigenvalue weighted by atomic mass is 9.80. The van der Waals surface area contributed by atoms with Crippen LogP contribution in [0.5, 0.6) is 0 Å². The highest BCUT2D eigenvalue weighted by atomic mass is 35.5. The van der Waals surface area contributed by atoms with E-state index in [1.807, 2.05) is 0 Å². The summed E-state index contributed by atoms with van der Waals surface area (Å²) in [6.07, 6.45) is 2.65. The number of halogens is 2. The van der Waals surface area contributed by atoms with Crippen LogP contribution in [0.15, 0.2) is 0 Å². The van der Waals surface area contributed by atoms with Gasteiger partial charge in [0, 0.05) is 12.5 Å². The molecule has 0 aromatic carbocycles. The van der Waals surface area contributed by atoms with E-state index < -0.39 is 6.17 Å². The molecule has 1 heterocycles. The van der Waals surface area contributed by atoms with Gasteiger partial charge in [-0.05, 0) is 25.3 Å². The van der Waals surface area contributed by atoms with Crippen LogP contribution in [-0.4, -0.2) is 19.3 Å². The second-order valence-electron chi connectivity index (χ2n) is 3.53. The van der Waals surface area contributed by atoms with Crippen LogP contribution < -0.4 is 5.32 Å². The average Bonchev–Trinajstić information content (AvgIpc) is 2.36.